The fourth-order valence-corrected chi connectivity index (χ4v) is 5.45. The van der Waals surface area contributed by atoms with E-state index in [9.17, 15) is 9.90 Å². The molecule has 0 unspecified atom stereocenters. The van der Waals surface area contributed by atoms with Gasteiger partial charge in [-0.2, -0.15) is 0 Å². The highest BCUT2D eigenvalue weighted by molar-refractivity contribution is 14.1. The van der Waals surface area contributed by atoms with Gasteiger partial charge >= 0.3 is 5.97 Å². The lowest BCUT2D eigenvalue weighted by Crippen LogP contribution is -2.11. The summed E-state index contributed by atoms with van der Waals surface area (Å²) in [6.07, 6.45) is 4.87. The largest absolute Gasteiger partial charge is 0.478 e. The van der Waals surface area contributed by atoms with Gasteiger partial charge < -0.3 is 5.11 Å². The number of hydrogen-bond donors (Lipinski definition) is 1. The van der Waals surface area contributed by atoms with E-state index in [-0.39, 0.29) is 0 Å². The summed E-state index contributed by atoms with van der Waals surface area (Å²) in [4.78, 5) is 12.6. The van der Waals surface area contributed by atoms with Crippen LogP contribution in [0, 0.1) is 8.80 Å². The molecule has 15 heavy (non-hydrogen) atoms. The molecule has 2 bridgehead atoms. The van der Waals surface area contributed by atoms with E-state index < -0.39 is 5.97 Å². The van der Waals surface area contributed by atoms with Gasteiger partial charge in [-0.15, -0.1) is 11.3 Å². The molecule has 80 valence electrons. The first kappa shape index (κ1) is 10.1. The topological polar surface area (TPSA) is 37.3 Å². The third-order valence-electron chi connectivity index (χ3n) is 3.61. The van der Waals surface area contributed by atoms with E-state index >= 15 is 0 Å². The first-order valence-corrected chi connectivity index (χ1v) is 7.10. The molecule has 1 N–H and O–H groups in total. The van der Waals surface area contributed by atoms with Crippen molar-refractivity contribution in [3.63, 3.8) is 0 Å². The Kier molecular flexibility index (Phi) is 2.32. The van der Waals surface area contributed by atoms with Gasteiger partial charge in [0.25, 0.3) is 0 Å². The summed E-state index contributed by atoms with van der Waals surface area (Å²) in [7, 11) is 0. The molecule has 0 aromatic carbocycles. The maximum absolute atomic E-state index is 11.2. The first-order valence-electron chi connectivity index (χ1n) is 5.21. The van der Waals surface area contributed by atoms with Gasteiger partial charge in [0.05, 0.1) is 8.45 Å². The molecule has 1 saturated carbocycles. The number of aromatic carboxylic acids is 1. The number of carboxylic acid groups (broad SMARTS) is 1. The van der Waals surface area contributed by atoms with E-state index in [2.05, 4.69) is 22.6 Å². The molecule has 2 nitrogen and oxygen atoms in total. The van der Waals surface area contributed by atoms with Crippen molar-refractivity contribution in [2.24, 2.45) is 5.92 Å². The number of rotatable bonds is 1. The second-order valence-electron chi connectivity index (χ2n) is 4.48. The van der Waals surface area contributed by atoms with Crippen LogP contribution in [0.4, 0.5) is 0 Å². The Morgan fingerprint density at radius 3 is 3.00 bits per heavy atom. The van der Waals surface area contributed by atoms with E-state index in [0.29, 0.717) is 11.5 Å². The Balaban J connectivity index is 2.17. The van der Waals surface area contributed by atoms with Crippen LogP contribution in [0.25, 0.3) is 0 Å². The normalized spacial score (nSPS) is 27.8. The molecule has 1 heterocycles. The summed E-state index contributed by atoms with van der Waals surface area (Å²) >= 11 is 3.89. The van der Waals surface area contributed by atoms with Crippen LogP contribution in [0.3, 0.4) is 0 Å². The smallest absolute Gasteiger partial charge is 0.337 e. The van der Waals surface area contributed by atoms with Crippen molar-refractivity contribution in [1.29, 1.82) is 0 Å². The minimum atomic E-state index is -0.738. The fourth-order valence-electron chi connectivity index (χ4n) is 2.98. The molecule has 0 aliphatic heterocycles. The van der Waals surface area contributed by atoms with Gasteiger partial charge in [-0.25, -0.2) is 4.79 Å². The highest BCUT2D eigenvalue weighted by Gasteiger charge is 2.37. The maximum Gasteiger partial charge on any atom is 0.337 e. The molecule has 1 fully saturated rings. The molecule has 0 saturated heterocycles. The quantitative estimate of drug-likeness (QED) is 0.799. The highest BCUT2D eigenvalue weighted by atomic mass is 127. The van der Waals surface area contributed by atoms with Gasteiger partial charge in [0, 0.05) is 4.88 Å². The second kappa shape index (κ2) is 3.45. The minimum absolute atomic E-state index is 0.604. The van der Waals surface area contributed by atoms with Crippen LogP contribution in [-0.2, 0) is 6.42 Å². The highest BCUT2D eigenvalue weighted by Crippen LogP contribution is 2.50. The van der Waals surface area contributed by atoms with Crippen molar-refractivity contribution in [3.05, 3.63) is 18.9 Å². The van der Waals surface area contributed by atoms with E-state index in [1.54, 1.807) is 11.3 Å². The Labute approximate surface area is 106 Å². The number of halogens is 1. The SMILES string of the molecule is O=C(O)c1c(I)sc2c1C[C@@H]1CC[C@H]2C1. The molecule has 1 aromatic rings. The van der Waals surface area contributed by atoms with Gasteiger partial charge in [-0.1, -0.05) is 0 Å². The lowest BCUT2D eigenvalue weighted by molar-refractivity contribution is 0.0695. The van der Waals surface area contributed by atoms with Crippen molar-refractivity contribution < 1.29 is 9.90 Å². The van der Waals surface area contributed by atoms with E-state index in [1.807, 2.05) is 0 Å². The lowest BCUT2D eigenvalue weighted by Gasteiger charge is -2.19. The first-order chi connectivity index (χ1) is 7.16. The van der Waals surface area contributed by atoms with Crippen LogP contribution >= 0.6 is 33.9 Å². The molecule has 2 aliphatic carbocycles. The van der Waals surface area contributed by atoms with E-state index in [0.717, 1.165) is 20.8 Å². The zero-order chi connectivity index (χ0) is 10.6. The fraction of sp³-hybridized carbons (Fsp3) is 0.545. The molecule has 4 heteroatoms. The molecule has 0 spiro atoms. The van der Waals surface area contributed by atoms with Crippen LogP contribution in [0.1, 0.15) is 46.0 Å². The predicted octanol–water partition coefficient (Wildman–Crippen LogP) is 3.49. The van der Waals surface area contributed by atoms with Gasteiger partial charge in [-0.05, 0) is 65.7 Å². The Morgan fingerprint density at radius 1 is 1.47 bits per heavy atom. The number of hydrogen-bond acceptors (Lipinski definition) is 2. The molecule has 2 atom stereocenters. The average molecular weight is 334 g/mol. The molecular formula is C11H11IO2S. The average Bonchev–Trinajstić information content (AvgIpc) is 2.69. The molecule has 1 aromatic heterocycles. The number of fused-ring (bicyclic) bond motifs is 4. The lowest BCUT2D eigenvalue weighted by atomic mass is 9.87. The number of thiophene rings is 1. The summed E-state index contributed by atoms with van der Waals surface area (Å²) < 4.78 is 0.970. The summed E-state index contributed by atoms with van der Waals surface area (Å²) in [5.41, 5.74) is 1.77. The van der Waals surface area contributed by atoms with Crippen LogP contribution < -0.4 is 0 Å². The zero-order valence-electron chi connectivity index (χ0n) is 8.12. The molecule has 3 rings (SSSR count). The Morgan fingerprint density at radius 2 is 2.27 bits per heavy atom. The predicted molar refractivity (Wildman–Crippen MR) is 67.8 cm³/mol. The van der Waals surface area contributed by atoms with Gasteiger partial charge in [0.1, 0.15) is 0 Å². The zero-order valence-corrected chi connectivity index (χ0v) is 11.1. The molecular weight excluding hydrogens is 323 g/mol. The van der Waals surface area contributed by atoms with Crippen LogP contribution in [0.2, 0.25) is 0 Å². The standard InChI is InChI=1S/C11H11IO2S/c12-10-8(11(13)14)7-4-5-1-2-6(3-5)9(7)15-10/h5-6H,1-4H2,(H,13,14)/t5-,6+/m1/s1. The van der Waals surface area contributed by atoms with Crippen LogP contribution in [0.15, 0.2) is 0 Å². The van der Waals surface area contributed by atoms with Crippen molar-refractivity contribution in [1.82, 2.24) is 0 Å². The second-order valence-corrected chi connectivity index (χ2v) is 7.34. The third-order valence-corrected chi connectivity index (χ3v) is 6.00. The van der Waals surface area contributed by atoms with Gasteiger partial charge in [-0.3, -0.25) is 0 Å². The molecule has 2 aliphatic rings. The van der Waals surface area contributed by atoms with Crippen molar-refractivity contribution in [2.45, 2.75) is 31.6 Å². The maximum atomic E-state index is 11.2. The summed E-state index contributed by atoms with van der Waals surface area (Å²) in [6.45, 7) is 0. The van der Waals surface area contributed by atoms with Crippen LogP contribution in [0.5, 0.6) is 0 Å². The van der Waals surface area contributed by atoms with Crippen LogP contribution in [-0.4, -0.2) is 11.1 Å². The van der Waals surface area contributed by atoms with Gasteiger partial charge in [0.15, 0.2) is 0 Å². The van der Waals surface area contributed by atoms with Crippen molar-refractivity contribution in [2.75, 3.05) is 0 Å². The van der Waals surface area contributed by atoms with E-state index in [1.165, 1.54) is 24.1 Å². The Bertz CT molecular complexity index is 438. The van der Waals surface area contributed by atoms with E-state index in [4.69, 9.17) is 0 Å². The third kappa shape index (κ3) is 1.45. The number of carboxylic acids is 1. The summed E-state index contributed by atoms with van der Waals surface area (Å²) in [5, 5.41) is 9.21. The molecule has 0 radical (unpaired) electrons. The number of carbonyl (C=O) groups is 1. The minimum Gasteiger partial charge on any atom is -0.478 e. The van der Waals surface area contributed by atoms with Crippen molar-refractivity contribution in [3.8, 4) is 0 Å². The molecule has 0 amide bonds. The summed E-state index contributed by atoms with van der Waals surface area (Å²) in [5.74, 6) is 0.689. The van der Waals surface area contributed by atoms with Gasteiger partial charge in [0.2, 0.25) is 0 Å². The Hall–Kier alpha value is -0.100. The summed E-state index contributed by atoms with van der Waals surface area (Å²) in [6, 6.07) is 0. The van der Waals surface area contributed by atoms with Crippen molar-refractivity contribution >= 4 is 39.9 Å². The monoisotopic (exact) mass is 334 g/mol.